The molecule has 1 aliphatic carbocycles. The molecule has 98 valence electrons. The molecule has 1 saturated carbocycles. The highest BCUT2D eigenvalue weighted by Crippen LogP contribution is 2.53. The maximum atomic E-state index is 13.9. The summed E-state index contributed by atoms with van der Waals surface area (Å²) >= 11 is 0. The Hall–Kier alpha value is -1.42. The molecule has 0 heterocycles. The first-order valence-electron chi connectivity index (χ1n) is 6.03. The zero-order valence-corrected chi connectivity index (χ0v) is 10.6. The number of carbonyl (C=O) groups excluding carboxylic acids is 1. The molecule has 0 radical (unpaired) electrons. The summed E-state index contributed by atoms with van der Waals surface area (Å²) in [6.07, 6.45) is 0.967. The van der Waals surface area contributed by atoms with Crippen molar-refractivity contribution in [3.05, 3.63) is 35.6 Å². The van der Waals surface area contributed by atoms with E-state index in [-0.39, 0.29) is 12.8 Å². The van der Waals surface area contributed by atoms with E-state index in [4.69, 9.17) is 4.74 Å². The van der Waals surface area contributed by atoms with Gasteiger partial charge < -0.3 is 9.84 Å². The third-order valence-electron chi connectivity index (χ3n) is 3.89. The molecule has 0 unspecified atom stereocenters. The minimum atomic E-state index is -1.04. The lowest BCUT2D eigenvalue weighted by Crippen LogP contribution is -2.59. The monoisotopic (exact) mass is 252 g/mol. The zero-order valence-electron chi connectivity index (χ0n) is 10.6. The average Bonchev–Trinajstić information content (AvgIpc) is 2.34. The van der Waals surface area contributed by atoms with Crippen LogP contribution in [0.5, 0.6) is 0 Å². The smallest absolute Gasteiger partial charge is 0.316 e. The van der Waals surface area contributed by atoms with Crippen LogP contribution in [-0.4, -0.2) is 23.8 Å². The van der Waals surface area contributed by atoms with Crippen molar-refractivity contribution in [2.24, 2.45) is 0 Å². The van der Waals surface area contributed by atoms with Crippen molar-refractivity contribution in [2.75, 3.05) is 7.11 Å². The number of halogens is 1. The van der Waals surface area contributed by atoms with Crippen molar-refractivity contribution in [3.8, 4) is 0 Å². The molecule has 1 aliphatic rings. The molecule has 1 N–H and O–H groups in total. The highest BCUT2D eigenvalue weighted by molar-refractivity contribution is 5.85. The predicted octanol–water partition coefficient (Wildman–Crippen LogP) is 2.17. The summed E-state index contributed by atoms with van der Waals surface area (Å²) in [6, 6.07) is 6.17. The van der Waals surface area contributed by atoms with Crippen LogP contribution in [0.1, 0.15) is 31.7 Å². The first kappa shape index (κ1) is 13.0. The largest absolute Gasteiger partial charge is 0.468 e. The van der Waals surface area contributed by atoms with Crippen LogP contribution in [0.4, 0.5) is 4.39 Å². The number of methoxy groups -OCH3 is 1. The maximum Gasteiger partial charge on any atom is 0.316 e. The summed E-state index contributed by atoms with van der Waals surface area (Å²) in [6.45, 7) is 1.85. The summed E-state index contributed by atoms with van der Waals surface area (Å²) in [5, 5.41) is 10.1. The molecule has 1 aromatic rings. The molecule has 0 bridgehead atoms. The second-order valence-corrected chi connectivity index (χ2v) is 4.98. The van der Waals surface area contributed by atoms with Crippen molar-refractivity contribution in [3.63, 3.8) is 0 Å². The minimum absolute atomic E-state index is 0.212. The van der Waals surface area contributed by atoms with Crippen LogP contribution in [-0.2, 0) is 14.9 Å². The minimum Gasteiger partial charge on any atom is -0.468 e. The maximum absolute atomic E-state index is 13.9. The quantitative estimate of drug-likeness (QED) is 0.839. The van der Waals surface area contributed by atoms with Crippen LogP contribution in [0.15, 0.2) is 24.3 Å². The van der Waals surface area contributed by atoms with E-state index in [0.717, 1.165) is 0 Å². The van der Waals surface area contributed by atoms with Gasteiger partial charge in [-0.2, -0.15) is 0 Å². The molecule has 2 rings (SSSR count). The lowest BCUT2D eigenvalue weighted by Gasteiger charge is -2.51. The first-order chi connectivity index (χ1) is 8.47. The molecular formula is C14H17FO3. The van der Waals surface area contributed by atoms with Crippen molar-refractivity contribution < 1.29 is 19.0 Å². The Morgan fingerprint density at radius 3 is 2.56 bits per heavy atom. The summed E-state index contributed by atoms with van der Waals surface area (Å²) in [5.74, 6) is -0.910. The van der Waals surface area contributed by atoms with E-state index in [1.54, 1.807) is 18.2 Å². The Morgan fingerprint density at radius 2 is 2.06 bits per heavy atom. The van der Waals surface area contributed by atoms with Gasteiger partial charge >= 0.3 is 5.97 Å². The van der Waals surface area contributed by atoms with Gasteiger partial charge in [0, 0.05) is 5.56 Å². The molecule has 0 atom stereocenters. The van der Waals surface area contributed by atoms with Gasteiger partial charge in [0.2, 0.25) is 0 Å². The van der Waals surface area contributed by atoms with Crippen LogP contribution in [0.3, 0.4) is 0 Å². The number of rotatable bonds is 3. The highest BCUT2D eigenvalue weighted by Gasteiger charge is 2.60. The van der Waals surface area contributed by atoms with Gasteiger partial charge in [-0.3, -0.25) is 4.79 Å². The molecule has 0 saturated heterocycles. The lowest BCUT2D eigenvalue weighted by atomic mass is 9.55. The van der Waals surface area contributed by atoms with Crippen molar-refractivity contribution in [2.45, 2.75) is 37.2 Å². The van der Waals surface area contributed by atoms with Gasteiger partial charge in [0.15, 0.2) is 0 Å². The third-order valence-corrected chi connectivity index (χ3v) is 3.89. The van der Waals surface area contributed by atoms with E-state index in [1.807, 2.05) is 6.92 Å². The Bertz CT molecular complexity index is 464. The number of aliphatic hydroxyl groups is 1. The van der Waals surface area contributed by atoms with Crippen LogP contribution in [0.2, 0.25) is 0 Å². The fraction of sp³-hybridized carbons (Fsp3) is 0.500. The molecule has 18 heavy (non-hydrogen) atoms. The molecule has 4 heteroatoms. The van der Waals surface area contributed by atoms with Gasteiger partial charge in [-0.05, 0) is 25.3 Å². The average molecular weight is 252 g/mol. The second-order valence-electron chi connectivity index (χ2n) is 4.98. The molecule has 0 aromatic heterocycles. The fourth-order valence-electron chi connectivity index (χ4n) is 2.81. The Morgan fingerprint density at radius 1 is 1.44 bits per heavy atom. The van der Waals surface area contributed by atoms with Gasteiger partial charge in [0.1, 0.15) is 11.2 Å². The van der Waals surface area contributed by atoms with Gasteiger partial charge in [-0.15, -0.1) is 0 Å². The van der Waals surface area contributed by atoms with E-state index in [9.17, 15) is 14.3 Å². The third kappa shape index (κ3) is 1.81. The van der Waals surface area contributed by atoms with Crippen LogP contribution in [0, 0.1) is 5.82 Å². The normalized spacial score (nSPS) is 30.7. The van der Waals surface area contributed by atoms with Crippen molar-refractivity contribution >= 4 is 5.97 Å². The Labute approximate surface area is 106 Å². The molecule has 3 nitrogen and oxygen atoms in total. The summed E-state index contributed by atoms with van der Waals surface area (Å²) in [7, 11) is 1.29. The number of ether oxygens (including phenoxy) is 1. The Balaban J connectivity index is 2.41. The molecular weight excluding hydrogens is 235 g/mol. The highest BCUT2D eigenvalue weighted by atomic mass is 19.1. The fourth-order valence-corrected chi connectivity index (χ4v) is 2.81. The Kier molecular flexibility index (Phi) is 3.15. The standard InChI is InChI=1S/C14H17FO3/c1-3-13(17)8-14(9-13,12(16)18-2)10-6-4-5-7-11(10)15/h4-7,17H,3,8-9H2,1-2H3. The second kappa shape index (κ2) is 4.35. The topological polar surface area (TPSA) is 46.5 Å². The van der Waals surface area contributed by atoms with E-state index in [1.165, 1.54) is 13.2 Å². The van der Waals surface area contributed by atoms with Crippen molar-refractivity contribution in [1.82, 2.24) is 0 Å². The summed E-state index contributed by atoms with van der Waals surface area (Å²) < 4.78 is 18.7. The molecule has 1 aromatic carbocycles. The van der Waals surface area contributed by atoms with E-state index in [2.05, 4.69) is 0 Å². The van der Waals surface area contributed by atoms with E-state index in [0.29, 0.717) is 12.0 Å². The number of benzene rings is 1. The molecule has 1 fully saturated rings. The molecule has 0 amide bonds. The predicted molar refractivity (Wildman–Crippen MR) is 64.6 cm³/mol. The van der Waals surface area contributed by atoms with Crippen LogP contribution < -0.4 is 0 Å². The van der Waals surface area contributed by atoms with Crippen LogP contribution >= 0.6 is 0 Å². The van der Waals surface area contributed by atoms with Gasteiger partial charge in [0.05, 0.1) is 12.7 Å². The van der Waals surface area contributed by atoms with Crippen molar-refractivity contribution in [1.29, 1.82) is 0 Å². The number of hydrogen-bond donors (Lipinski definition) is 1. The lowest BCUT2D eigenvalue weighted by molar-refractivity contribution is -0.169. The summed E-state index contributed by atoms with van der Waals surface area (Å²) in [5.41, 5.74) is -1.61. The SMILES string of the molecule is CCC1(O)CC(C(=O)OC)(c2ccccc2F)C1. The molecule has 0 aliphatic heterocycles. The van der Waals surface area contributed by atoms with Gasteiger partial charge in [-0.1, -0.05) is 25.1 Å². The number of hydrogen-bond acceptors (Lipinski definition) is 3. The number of carbonyl (C=O) groups is 1. The van der Waals surface area contributed by atoms with Gasteiger partial charge in [-0.25, -0.2) is 4.39 Å². The van der Waals surface area contributed by atoms with E-state index < -0.39 is 22.8 Å². The first-order valence-corrected chi connectivity index (χ1v) is 6.03. The molecule has 0 spiro atoms. The zero-order chi connectivity index (χ0) is 13.4. The summed E-state index contributed by atoms with van der Waals surface area (Å²) in [4.78, 5) is 12.0. The van der Waals surface area contributed by atoms with Gasteiger partial charge in [0.25, 0.3) is 0 Å². The van der Waals surface area contributed by atoms with E-state index >= 15 is 0 Å². The number of esters is 1. The van der Waals surface area contributed by atoms with Crippen LogP contribution in [0.25, 0.3) is 0 Å².